The lowest BCUT2D eigenvalue weighted by atomic mass is 9.86. The number of fused-ring (bicyclic) bond motifs is 1. The number of hydrogen-bond acceptors (Lipinski definition) is 5. The third-order valence-corrected chi connectivity index (χ3v) is 8.60. The molecule has 2 aromatic carbocycles. The molecule has 3 heterocycles. The van der Waals surface area contributed by atoms with E-state index < -0.39 is 0 Å². The molecule has 5 nitrogen and oxygen atoms in total. The monoisotopic (exact) mass is 477 g/mol. The first-order valence-electron chi connectivity index (χ1n) is 13.5. The van der Waals surface area contributed by atoms with E-state index in [1.165, 1.54) is 72.4 Å². The van der Waals surface area contributed by atoms with Crippen LogP contribution in [0.3, 0.4) is 0 Å². The molecule has 3 aliphatic rings. The number of ether oxygens (including phenoxy) is 2. The van der Waals surface area contributed by atoms with E-state index >= 15 is 0 Å². The molecule has 2 aromatic rings. The number of nitrogens with zero attached hydrogens (tertiary/aromatic N) is 3. The van der Waals surface area contributed by atoms with Crippen molar-refractivity contribution in [2.75, 3.05) is 56.2 Å². The van der Waals surface area contributed by atoms with E-state index in [0.717, 1.165) is 37.7 Å². The standard InChI is InChI=1S/C30H43N3O2/c1-21-22(2)28-26(29(30(4,5)35-28)33-15-9-7-8-10-16-33)23(3)27(21)32-19-17-31(18-20-32)24-11-13-25(34-6)14-12-24/h11-14,29H,7-10,15-20H2,1-6H3. The molecule has 190 valence electrons. The van der Waals surface area contributed by atoms with Gasteiger partial charge in [0.25, 0.3) is 0 Å². The highest BCUT2D eigenvalue weighted by Crippen LogP contribution is 2.53. The lowest BCUT2D eigenvalue weighted by Gasteiger charge is -2.40. The van der Waals surface area contributed by atoms with E-state index in [-0.39, 0.29) is 5.60 Å². The van der Waals surface area contributed by atoms with Crippen LogP contribution >= 0.6 is 0 Å². The van der Waals surface area contributed by atoms with Gasteiger partial charge in [0.05, 0.1) is 13.2 Å². The minimum atomic E-state index is -0.208. The van der Waals surface area contributed by atoms with Gasteiger partial charge >= 0.3 is 0 Å². The van der Waals surface area contributed by atoms with Crippen molar-refractivity contribution in [2.45, 2.75) is 71.9 Å². The summed E-state index contributed by atoms with van der Waals surface area (Å²) in [6, 6.07) is 8.80. The predicted molar refractivity (Wildman–Crippen MR) is 146 cm³/mol. The molecule has 2 saturated heterocycles. The summed E-state index contributed by atoms with van der Waals surface area (Å²) in [4.78, 5) is 7.85. The van der Waals surface area contributed by atoms with Gasteiger partial charge < -0.3 is 19.3 Å². The van der Waals surface area contributed by atoms with Crippen molar-refractivity contribution in [1.82, 2.24) is 4.90 Å². The molecule has 1 atom stereocenters. The van der Waals surface area contributed by atoms with E-state index in [1.54, 1.807) is 7.11 Å². The molecule has 0 aliphatic carbocycles. The number of likely N-dealkylation sites (tertiary alicyclic amines) is 1. The Bertz CT molecular complexity index is 1050. The molecule has 5 heteroatoms. The second-order valence-electron chi connectivity index (χ2n) is 11.2. The van der Waals surface area contributed by atoms with Crippen molar-refractivity contribution < 1.29 is 9.47 Å². The van der Waals surface area contributed by atoms with Crippen LogP contribution < -0.4 is 19.3 Å². The molecule has 1 unspecified atom stereocenters. The smallest absolute Gasteiger partial charge is 0.128 e. The van der Waals surface area contributed by atoms with Crippen LogP contribution in [0.4, 0.5) is 11.4 Å². The van der Waals surface area contributed by atoms with Crippen LogP contribution in [0.15, 0.2) is 24.3 Å². The average Bonchev–Trinajstić information content (AvgIpc) is 3.00. The highest BCUT2D eigenvalue weighted by atomic mass is 16.5. The maximum atomic E-state index is 6.75. The summed E-state index contributed by atoms with van der Waals surface area (Å²) in [7, 11) is 1.72. The molecule has 0 amide bonds. The highest BCUT2D eigenvalue weighted by Gasteiger charge is 2.47. The Kier molecular flexibility index (Phi) is 6.65. The van der Waals surface area contributed by atoms with E-state index in [4.69, 9.17) is 9.47 Å². The first kappa shape index (κ1) is 24.3. The van der Waals surface area contributed by atoms with E-state index in [1.807, 2.05) is 0 Å². The lowest BCUT2D eigenvalue weighted by Crippen LogP contribution is -2.47. The topological polar surface area (TPSA) is 28.2 Å². The van der Waals surface area contributed by atoms with Crippen LogP contribution in [-0.2, 0) is 0 Å². The van der Waals surface area contributed by atoms with Gasteiger partial charge in [0.2, 0.25) is 0 Å². The maximum absolute atomic E-state index is 6.75. The van der Waals surface area contributed by atoms with E-state index in [0.29, 0.717) is 6.04 Å². The Hall–Kier alpha value is -2.40. The number of benzene rings is 2. The Morgan fingerprint density at radius 2 is 1.37 bits per heavy atom. The third kappa shape index (κ3) is 4.37. The summed E-state index contributed by atoms with van der Waals surface area (Å²) in [6.45, 7) is 18.0. The molecular weight excluding hydrogens is 434 g/mol. The van der Waals surface area contributed by atoms with Gasteiger partial charge in [-0.15, -0.1) is 0 Å². The molecule has 0 bridgehead atoms. The summed E-state index contributed by atoms with van der Waals surface area (Å²) >= 11 is 0. The van der Waals surface area contributed by atoms with Crippen molar-refractivity contribution in [3.05, 3.63) is 46.5 Å². The summed E-state index contributed by atoms with van der Waals surface area (Å²) in [5.41, 5.74) is 8.10. The molecule has 0 N–H and O–H groups in total. The van der Waals surface area contributed by atoms with Gasteiger partial charge in [0.15, 0.2) is 0 Å². The lowest BCUT2D eigenvalue weighted by molar-refractivity contribution is 0.0297. The Morgan fingerprint density at radius 3 is 1.97 bits per heavy atom. The molecule has 0 radical (unpaired) electrons. The van der Waals surface area contributed by atoms with Crippen LogP contribution in [0.2, 0.25) is 0 Å². The summed E-state index contributed by atoms with van der Waals surface area (Å²) in [5.74, 6) is 2.07. The fourth-order valence-corrected chi connectivity index (χ4v) is 6.69. The number of methoxy groups -OCH3 is 1. The van der Waals surface area contributed by atoms with Crippen molar-refractivity contribution in [1.29, 1.82) is 0 Å². The summed E-state index contributed by atoms with van der Waals surface area (Å²) < 4.78 is 12.1. The highest BCUT2D eigenvalue weighted by molar-refractivity contribution is 5.71. The van der Waals surface area contributed by atoms with Gasteiger partial charge in [-0.05, 0) is 102 Å². The van der Waals surface area contributed by atoms with Crippen molar-refractivity contribution in [3.8, 4) is 11.5 Å². The molecule has 0 saturated carbocycles. The fourth-order valence-electron chi connectivity index (χ4n) is 6.69. The molecule has 3 aliphatic heterocycles. The zero-order chi connectivity index (χ0) is 24.7. The first-order chi connectivity index (χ1) is 16.8. The molecular formula is C30H43N3O2. The summed E-state index contributed by atoms with van der Waals surface area (Å²) in [6.07, 6.45) is 5.30. The minimum absolute atomic E-state index is 0.208. The molecule has 2 fully saturated rings. The first-order valence-corrected chi connectivity index (χ1v) is 13.5. The Morgan fingerprint density at radius 1 is 0.771 bits per heavy atom. The van der Waals surface area contributed by atoms with Gasteiger partial charge in [-0.25, -0.2) is 0 Å². The van der Waals surface area contributed by atoms with Gasteiger partial charge in [0.1, 0.15) is 17.1 Å². The largest absolute Gasteiger partial charge is 0.497 e. The van der Waals surface area contributed by atoms with Gasteiger partial charge in [0, 0.05) is 43.1 Å². The molecule has 35 heavy (non-hydrogen) atoms. The van der Waals surface area contributed by atoms with Crippen molar-refractivity contribution >= 4 is 11.4 Å². The number of hydrogen-bond donors (Lipinski definition) is 0. The van der Waals surface area contributed by atoms with Crippen LogP contribution in [0.1, 0.15) is 67.8 Å². The SMILES string of the molecule is COc1ccc(N2CCN(c3c(C)c(C)c4c(c3C)C(N3CCCCCC3)C(C)(C)O4)CC2)cc1. The third-order valence-electron chi connectivity index (χ3n) is 8.60. The van der Waals surface area contributed by atoms with Crippen LogP contribution in [0.25, 0.3) is 0 Å². The van der Waals surface area contributed by atoms with Gasteiger partial charge in [-0.2, -0.15) is 0 Å². The van der Waals surface area contributed by atoms with Gasteiger partial charge in [-0.1, -0.05) is 12.8 Å². The number of piperazine rings is 1. The maximum Gasteiger partial charge on any atom is 0.128 e. The fraction of sp³-hybridized carbons (Fsp3) is 0.600. The average molecular weight is 478 g/mol. The van der Waals surface area contributed by atoms with Crippen molar-refractivity contribution in [3.63, 3.8) is 0 Å². The predicted octanol–water partition coefficient (Wildman–Crippen LogP) is 6.04. The van der Waals surface area contributed by atoms with Crippen LogP contribution in [0, 0.1) is 20.8 Å². The summed E-state index contributed by atoms with van der Waals surface area (Å²) in [5, 5.41) is 0. The van der Waals surface area contributed by atoms with Gasteiger partial charge in [-0.3, -0.25) is 4.90 Å². The number of anilines is 2. The van der Waals surface area contributed by atoms with E-state index in [9.17, 15) is 0 Å². The zero-order valence-corrected chi connectivity index (χ0v) is 22.6. The van der Waals surface area contributed by atoms with Crippen LogP contribution in [-0.4, -0.2) is 56.9 Å². The quantitative estimate of drug-likeness (QED) is 0.536. The van der Waals surface area contributed by atoms with E-state index in [2.05, 4.69) is 73.6 Å². The Labute approximate surface area is 212 Å². The molecule has 0 aromatic heterocycles. The molecule has 5 rings (SSSR count). The zero-order valence-electron chi connectivity index (χ0n) is 22.6. The Balaban J connectivity index is 1.44. The van der Waals surface area contributed by atoms with Crippen molar-refractivity contribution in [2.24, 2.45) is 0 Å². The second-order valence-corrected chi connectivity index (χ2v) is 11.2. The van der Waals surface area contributed by atoms with Crippen LogP contribution in [0.5, 0.6) is 11.5 Å². The second kappa shape index (κ2) is 9.57. The minimum Gasteiger partial charge on any atom is -0.497 e. The number of rotatable bonds is 4. The normalized spacial score (nSPS) is 22.5. The molecule has 0 spiro atoms.